The van der Waals surface area contributed by atoms with Gasteiger partial charge in [-0.15, -0.1) is 6.58 Å². The summed E-state index contributed by atoms with van der Waals surface area (Å²) >= 11 is 0. The molecule has 0 aromatic heterocycles. The third-order valence-electron chi connectivity index (χ3n) is 0.936. The molecule has 0 nitrogen and oxygen atoms in total. The average molecular weight is 134 g/mol. The molecular weight excluding hydrogens is 120 g/mol. The van der Waals surface area contributed by atoms with E-state index in [-0.39, 0.29) is 0 Å². The quantitative estimate of drug-likeness (QED) is 0.446. The molecule has 1 rings (SSSR count). The molecule has 0 spiro atoms. The molecule has 54 valence electrons. The van der Waals surface area contributed by atoms with E-state index in [1.165, 1.54) is 0 Å². The number of allylic oxidation sites excluding steroid dienone is 6. The molecule has 0 saturated carbocycles. The Balaban J connectivity index is 0.000000236. The minimum atomic E-state index is 1.07. The van der Waals surface area contributed by atoms with Crippen LogP contribution in [-0.4, -0.2) is 0 Å². The van der Waals surface area contributed by atoms with E-state index in [1.807, 2.05) is 19.1 Å². The predicted molar refractivity (Wildman–Crippen MR) is 47.9 cm³/mol. The summed E-state index contributed by atoms with van der Waals surface area (Å²) in [6, 6.07) is 0. The maximum atomic E-state index is 3.74. The van der Waals surface area contributed by atoms with Gasteiger partial charge in [0.15, 0.2) is 0 Å². The third-order valence-corrected chi connectivity index (χ3v) is 0.936. The van der Waals surface area contributed by atoms with Crippen molar-refractivity contribution in [1.82, 2.24) is 0 Å². The van der Waals surface area contributed by atoms with Crippen molar-refractivity contribution in [3.63, 3.8) is 0 Å². The van der Waals surface area contributed by atoms with Crippen molar-refractivity contribution in [2.75, 3.05) is 0 Å². The Bertz CT molecular complexity index is 145. The molecule has 0 heteroatoms. The molecule has 0 N–H and O–H groups in total. The van der Waals surface area contributed by atoms with Gasteiger partial charge in [-0.05, 0) is 18.9 Å². The summed E-state index contributed by atoms with van der Waals surface area (Å²) in [5.74, 6) is 0. The first-order valence-corrected chi connectivity index (χ1v) is 3.40. The summed E-state index contributed by atoms with van der Waals surface area (Å²) in [6.45, 7) is 8.99. The molecule has 0 fully saturated rings. The van der Waals surface area contributed by atoms with E-state index < -0.39 is 0 Å². The normalized spacial score (nSPS) is 13.9. The van der Waals surface area contributed by atoms with Crippen LogP contribution in [0.4, 0.5) is 0 Å². The van der Waals surface area contributed by atoms with Crippen molar-refractivity contribution in [1.29, 1.82) is 0 Å². The van der Waals surface area contributed by atoms with Crippen LogP contribution in [0.1, 0.15) is 13.3 Å². The van der Waals surface area contributed by atoms with Gasteiger partial charge in [0, 0.05) is 0 Å². The van der Waals surface area contributed by atoms with Gasteiger partial charge < -0.3 is 0 Å². The minimum Gasteiger partial charge on any atom is -0.103 e. The first kappa shape index (κ1) is 8.96. The SMILES string of the molecule is C=C1C=CCC=C1.C=CC. The molecule has 0 aliphatic heterocycles. The van der Waals surface area contributed by atoms with Crippen molar-refractivity contribution < 1.29 is 0 Å². The Kier molecular flexibility index (Phi) is 5.45. The maximum absolute atomic E-state index is 3.74. The molecule has 10 heavy (non-hydrogen) atoms. The van der Waals surface area contributed by atoms with Crippen LogP contribution >= 0.6 is 0 Å². The summed E-state index contributed by atoms with van der Waals surface area (Å²) < 4.78 is 0. The van der Waals surface area contributed by atoms with E-state index in [0.717, 1.165) is 12.0 Å². The van der Waals surface area contributed by atoms with Crippen LogP contribution in [0.5, 0.6) is 0 Å². The van der Waals surface area contributed by atoms with E-state index in [2.05, 4.69) is 25.3 Å². The van der Waals surface area contributed by atoms with Gasteiger partial charge >= 0.3 is 0 Å². The second-order valence-corrected chi connectivity index (χ2v) is 2.02. The second kappa shape index (κ2) is 6.09. The van der Waals surface area contributed by atoms with Gasteiger partial charge in [-0.25, -0.2) is 0 Å². The highest BCUT2D eigenvalue weighted by Crippen LogP contribution is 2.03. The summed E-state index contributed by atoms with van der Waals surface area (Å²) in [4.78, 5) is 0. The highest BCUT2D eigenvalue weighted by molar-refractivity contribution is 5.31. The molecule has 0 radical (unpaired) electrons. The predicted octanol–water partition coefficient (Wildman–Crippen LogP) is 3.25. The van der Waals surface area contributed by atoms with E-state index in [4.69, 9.17) is 0 Å². The summed E-state index contributed by atoms with van der Waals surface area (Å²) in [5, 5.41) is 0. The first-order valence-electron chi connectivity index (χ1n) is 3.40. The maximum Gasteiger partial charge on any atom is -0.0163 e. The van der Waals surface area contributed by atoms with Crippen molar-refractivity contribution in [3.05, 3.63) is 49.1 Å². The molecule has 0 heterocycles. The zero-order valence-corrected chi connectivity index (χ0v) is 6.51. The lowest BCUT2D eigenvalue weighted by molar-refractivity contribution is 1.35. The van der Waals surface area contributed by atoms with Gasteiger partial charge in [-0.2, -0.15) is 0 Å². The largest absolute Gasteiger partial charge is 0.103 e. The van der Waals surface area contributed by atoms with Gasteiger partial charge in [-0.3, -0.25) is 0 Å². The molecular formula is C10H14. The van der Waals surface area contributed by atoms with E-state index >= 15 is 0 Å². The Labute approximate surface area is 63.3 Å². The second-order valence-electron chi connectivity index (χ2n) is 2.02. The highest BCUT2D eigenvalue weighted by Gasteiger charge is 1.82. The minimum absolute atomic E-state index is 1.07. The van der Waals surface area contributed by atoms with Crippen LogP contribution in [0.15, 0.2) is 49.1 Å². The summed E-state index contributed by atoms with van der Waals surface area (Å²) in [7, 11) is 0. The average Bonchev–Trinajstić information content (AvgIpc) is 1.91. The Morgan fingerprint density at radius 1 is 1.40 bits per heavy atom. The van der Waals surface area contributed by atoms with Crippen LogP contribution < -0.4 is 0 Å². The molecule has 0 aromatic carbocycles. The lowest BCUT2D eigenvalue weighted by atomic mass is 10.1. The van der Waals surface area contributed by atoms with Gasteiger partial charge in [0.05, 0.1) is 0 Å². The summed E-state index contributed by atoms with van der Waals surface area (Å²) in [5.41, 5.74) is 1.10. The van der Waals surface area contributed by atoms with E-state index in [1.54, 1.807) is 6.08 Å². The molecule has 0 aromatic rings. The smallest absolute Gasteiger partial charge is 0.0163 e. The van der Waals surface area contributed by atoms with Crippen molar-refractivity contribution in [2.45, 2.75) is 13.3 Å². The fourth-order valence-electron chi connectivity index (χ4n) is 0.573. The number of hydrogen-bond donors (Lipinski definition) is 0. The third kappa shape index (κ3) is 5.10. The fourth-order valence-corrected chi connectivity index (χ4v) is 0.573. The van der Waals surface area contributed by atoms with Gasteiger partial charge in [0.1, 0.15) is 0 Å². The highest BCUT2D eigenvalue weighted by atomic mass is 13.9. The van der Waals surface area contributed by atoms with Crippen LogP contribution in [0, 0.1) is 0 Å². The van der Waals surface area contributed by atoms with Gasteiger partial charge in [0.2, 0.25) is 0 Å². The Morgan fingerprint density at radius 2 is 1.80 bits per heavy atom. The zero-order valence-electron chi connectivity index (χ0n) is 6.51. The van der Waals surface area contributed by atoms with Crippen LogP contribution in [0.25, 0.3) is 0 Å². The molecule has 0 amide bonds. The van der Waals surface area contributed by atoms with Crippen LogP contribution in [0.3, 0.4) is 0 Å². The molecule has 0 bridgehead atoms. The van der Waals surface area contributed by atoms with Crippen LogP contribution in [-0.2, 0) is 0 Å². The first-order chi connectivity index (χ1) is 4.81. The standard InChI is InChI=1S/C7H8.C3H6/c1-7-5-3-2-4-6-7;1-3-2/h3-6H,1-2H2;3H,1H2,2H3. The number of hydrogen-bond acceptors (Lipinski definition) is 0. The van der Waals surface area contributed by atoms with Gasteiger partial charge in [-0.1, -0.05) is 37.0 Å². The molecule has 1 aliphatic rings. The Morgan fingerprint density at radius 3 is 2.00 bits per heavy atom. The topological polar surface area (TPSA) is 0 Å². The van der Waals surface area contributed by atoms with Crippen LogP contribution in [0.2, 0.25) is 0 Å². The molecule has 0 atom stereocenters. The lowest BCUT2D eigenvalue weighted by Crippen LogP contribution is -1.72. The van der Waals surface area contributed by atoms with Crippen molar-refractivity contribution in [3.8, 4) is 0 Å². The van der Waals surface area contributed by atoms with E-state index in [9.17, 15) is 0 Å². The number of rotatable bonds is 0. The van der Waals surface area contributed by atoms with Crippen molar-refractivity contribution >= 4 is 0 Å². The summed E-state index contributed by atoms with van der Waals surface area (Å²) in [6.07, 6.45) is 11.1. The monoisotopic (exact) mass is 134 g/mol. The lowest BCUT2D eigenvalue weighted by Gasteiger charge is -1.92. The van der Waals surface area contributed by atoms with E-state index in [0.29, 0.717) is 0 Å². The van der Waals surface area contributed by atoms with Crippen molar-refractivity contribution in [2.24, 2.45) is 0 Å². The van der Waals surface area contributed by atoms with Gasteiger partial charge in [0.25, 0.3) is 0 Å². The molecule has 1 aliphatic carbocycles. The zero-order chi connectivity index (χ0) is 7.82. The Hall–Kier alpha value is -1.04. The molecule has 0 unspecified atom stereocenters. The molecule has 0 saturated heterocycles. The fraction of sp³-hybridized carbons (Fsp3) is 0.200.